The third kappa shape index (κ3) is 2.57. The van der Waals surface area contributed by atoms with Gasteiger partial charge in [-0.3, -0.25) is 10.1 Å². The fraction of sp³-hybridized carbons (Fsp3) is 0.182. The number of hydrogen-bond acceptors (Lipinski definition) is 6. The Morgan fingerprint density at radius 3 is 2.89 bits per heavy atom. The van der Waals surface area contributed by atoms with E-state index in [1.165, 1.54) is 12.1 Å². The monoisotopic (exact) mass is 264 g/mol. The molecule has 0 bridgehead atoms. The molecule has 0 saturated carbocycles. The average molecular weight is 264 g/mol. The average Bonchev–Trinajstić information content (AvgIpc) is 2.81. The van der Waals surface area contributed by atoms with E-state index < -0.39 is 4.92 Å². The van der Waals surface area contributed by atoms with Gasteiger partial charge in [0.1, 0.15) is 5.82 Å². The first-order chi connectivity index (χ1) is 8.58. The van der Waals surface area contributed by atoms with E-state index in [4.69, 9.17) is 5.73 Å². The Balaban J connectivity index is 2.28. The van der Waals surface area contributed by atoms with Gasteiger partial charge in [-0.25, -0.2) is 4.98 Å². The van der Waals surface area contributed by atoms with Gasteiger partial charge in [0.2, 0.25) is 5.82 Å². The van der Waals surface area contributed by atoms with Crippen LogP contribution in [-0.2, 0) is 0 Å². The van der Waals surface area contributed by atoms with Gasteiger partial charge in [0.05, 0.1) is 11.0 Å². The van der Waals surface area contributed by atoms with Crippen LogP contribution in [-0.4, -0.2) is 9.91 Å². The zero-order valence-electron chi connectivity index (χ0n) is 9.66. The van der Waals surface area contributed by atoms with E-state index in [0.717, 1.165) is 4.88 Å². The number of thiophene rings is 1. The van der Waals surface area contributed by atoms with Gasteiger partial charge in [-0.15, -0.1) is 11.3 Å². The first kappa shape index (κ1) is 12.3. The smallest absolute Gasteiger partial charge is 0.311 e. The number of hydrogen-bond donors (Lipinski definition) is 2. The lowest BCUT2D eigenvalue weighted by Gasteiger charge is -2.13. The highest BCUT2D eigenvalue weighted by atomic mass is 32.1. The van der Waals surface area contributed by atoms with Gasteiger partial charge in [-0.05, 0) is 24.4 Å². The molecule has 3 N–H and O–H groups in total. The molecule has 2 heterocycles. The number of nitrogens with zero attached hydrogens (tertiary/aromatic N) is 2. The summed E-state index contributed by atoms with van der Waals surface area (Å²) in [6.45, 7) is 1.92. The van der Waals surface area contributed by atoms with E-state index in [-0.39, 0.29) is 23.4 Å². The van der Waals surface area contributed by atoms with Crippen LogP contribution in [0.15, 0.2) is 29.6 Å². The van der Waals surface area contributed by atoms with E-state index in [1.54, 1.807) is 11.3 Å². The van der Waals surface area contributed by atoms with Crippen molar-refractivity contribution in [3.8, 4) is 0 Å². The van der Waals surface area contributed by atoms with Crippen molar-refractivity contribution in [2.75, 3.05) is 11.1 Å². The molecule has 6 nitrogen and oxygen atoms in total. The minimum absolute atomic E-state index is 0.0574. The van der Waals surface area contributed by atoms with Gasteiger partial charge in [0.15, 0.2) is 0 Å². The van der Waals surface area contributed by atoms with Crippen LogP contribution >= 0.6 is 11.3 Å². The van der Waals surface area contributed by atoms with Gasteiger partial charge >= 0.3 is 5.69 Å². The molecule has 0 aromatic carbocycles. The maximum Gasteiger partial charge on any atom is 0.311 e. The minimum Gasteiger partial charge on any atom is -0.384 e. The van der Waals surface area contributed by atoms with Crippen LogP contribution < -0.4 is 11.1 Å². The van der Waals surface area contributed by atoms with Crippen molar-refractivity contribution in [1.29, 1.82) is 0 Å². The zero-order valence-corrected chi connectivity index (χ0v) is 10.5. The van der Waals surface area contributed by atoms with Gasteiger partial charge in [0.25, 0.3) is 0 Å². The second kappa shape index (κ2) is 5.01. The first-order valence-corrected chi connectivity index (χ1v) is 6.16. The van der Waals surface area contributed by atoms with E-state index >= 15 is 0 Å². The third-order valence-electron chi connectivity index (χ3n) is 2.42. The summed E-state index contributed by atoms with van der Waals surface area (Å²) in [6.07, 6.45) is 0. The van der Waals surface area contributed by atoms with Crippen molar-refractivity contribution < 1.29 is 4.92 Å². The lowest BCUT2D eigenvalue weighted by molar-refractivity contribution is -0.384. The number of nitrogens with two attached hydrogens (primary N) is 1. The topological polar surface area (TPSA) is 94.1 Å². The van der Waals surface area contributed by atoms with Crippen molar-refractivity contribution in [3.05, 3.63) is 44.6 Å². The molecule has 0 aliphatic heterocycles. The van der Waals surface area contributed by atoms with Crippen LogP contribution in [0.5, 0.6) is 0 Å². The first-order valence-electron chi connectivity index (χ1n) is 5.29. The highest BCUT2D eigenvalue weighted by Crippen LogP contribution is 2.28. The van der Waals surface area contributed by atoms with E-state index in [0.29, 0.717) is 0 Å². The van der Waals surface area contributed by atoms with Crippen molar-refractivity contribution in [2.24, 2.45) is 0 Å². The standard InChI is InChI=1S/C11H12N4O2S/c1-7(9-3-2-6-18-9)13-11-8(15(16)17)4-5-10(12)14-11/h2-7H,1H3,(H3,12,13,14). The Morgan fingerprint density at radius 1 is 1.50 bits per heavy atom. The molecular weight excluding hydrogens is 252 g/mol. The van der Waals surface area contributed by atoms with Crippen LogP contribution in [0, 0.1) is 10.1 Å². The molecular formula is C11H12N4O2S. The molecule has 0 radical (unpaired) electrons. The molecule has 0 aliphatic carbocycles. The maximum absolute atomic E-state index is 10.9. The molecule has 1 atom stereocenters. The predicted octanol–water partition coefficient (Wildman–Crippen LogP) is 2.81. The highest BCUT2D eigenvalue weighted by Gasteiger charge is 2.18. The van der Waals surface area contributed by atoms with E-state index in [9.17, 15) is 10.1 Å². The molecule has 2 rings (SSSR count). The Hall–Kier alpha value is -2.15. The lowest BCUT2D eigenvalue weighted by atomic mass is 10.2. The largest absolute Gasteiger partial charge is 0.384 e. The molecule has 7 heteroatoms. The van der Waals surface area contributed by atoms with Crippen molar-refractivity contribution in [2.45, 2.75) is 13.0 Å². The number of nitro groups is 1. The van der Waals surface area contributed by atoms with Gasteiger partial charge in [-0.2, -0.15) is 0 Å². The summed E-state index contributed by atoms with van der Waals surface area (Å²) in [6, 6.07) is 6.60. The van der Waals surface area contributed by atoms with Crippen LogP contribution in [0.2, 0.25) is 0 Å². The molecule has 0 saturated heterocycles. The fourth-order valence-corrected chi connectivity index (χ4v) is 2.27. The molecule has 2 aromatic rings. The summed E-state index contributed by atoms with van der Waals surface area (Å²) in [5.74, 6) is 0.447. The second-order valence-electron chi connectivity index (χ2n) is 3.74. The number of pyridine rings is 1. The molecule has 0 fully saturated rings. The molecule has 18 heavy (non-hydrogen) atoms. The summed E-state index contributed by atoms with van der Waals surface area (Å²) in [5.41, 5.74) is 5.47. The van der Waals surface area contributed by atoms with E-state index in [1.807, 2.05) is 24.4 Å². The summed E-state index contributed by atoms with van der Waals surface area (Å²) < 4.78 is 0. The quantitative estimate of drug-likeness (QED) is 0.654. The molecule has 1 unspecified atom stereocenters. The predicted molar refractivity (Wildman–Crippen MR) is 71.7 cm³/mol. The van der Waals surface area contributed by atoms with Crippen molar-refractivity contribution >= 4 is 28.7 Å². The summed E-state index contributed by atoms with van der Waals surface area (Å²) >= 11 is 1.58. The van der Waals surface area contributed by atoms with Crippen molar-refractivity contribution in [1.82, 2.24) is 4.98 Å². The van der Waals surface area contributed by atoms with Gasteiger partial charge < -0.3 is 11.1 Å². The molecule has 2 aromatic heterocycles. The Bertz CT molecular complexity index is 556. The third-order valence-corrected chi connectivity index (χ3v) is 3.47. The van der Waals surface area contributed by atoms with E-state index in [2.05, 4.69) is 10.3 Å². The fourth-order valence-electron chi connectivity index (χ4n) is 1.53. The number of nitrogens with one attached hydrogen (secondary N) is 1. The maximum atomic E-state index is 10.9. The lowest BCUT2D eigenvalue weighted by Crippen LogP contribution is -2.09. The second-order valence-corrected chi connectivity index (χ2v) is 4.72. The van der Waals surface area contributed by atoms with Gasteiger partial charge in [-0.1, -0.05) is 6.07 Å². The number of nitrogen functional groups attached to an aromatic ring is 1. The van der Waals surface area contributed by atoms with Crippen LogP contribution in [0.1, 0.15) is 17.8 Å². The summed E-state index contributed by atoms with van der Waals surface area (Å²) in [5, 5.41) is 15.9. The molecule has 0 aliphatic rings. The molecule has 0 spiro atoms. The number of rotatable bonds is 4. The summed E-state index contributed by atoms with van der Waals surface area (Å²) in [7, 11) is 0. The van der Waals surface area contributed by atoms with Crippen LogP contribution in [0.3, 0.4) is 0 Å². The van der Waals surface area contributed by atoms with Gasteiger partial charge in [0, 0.05) is 10.9 Å². The number of aromatic nitrogens is 1. The Labute approximate surface area is 108 Å². The van der Waals surface area contributed by atoms with Crippen LogP contribution in [0.4, 0.5) is 17.3 Å². The zero-order chi connectivity index (χ0) is 13.1. The summed E-state index contributed by atoms with van der Waals surface area (Å²) in [4.78, 5) is 15.5. The SMILES string of the molecule is CC(Nc1nc(N)ccc1[N+](=O)[O-])c1cccs1. The van der Waals surface area contributed by atoms with Crippen LogP contribution in [0.25, 0.3) is 0 Å². The minimum atomic E-state index is -0.476. The molecule has 0 amide bonds. The highest BCUT2D eigenvalue weighted by molar-refractivity contribution is 7.10. The Morgan fingerprint density at radius 2 is 2.28 bits per heavy atom. The molecule has 94 valence electrons. The van der Waals surface area contributed by atoms with Crippen molar-refractivity contribution in [3.63, 3.8) is 0 Å². The number of anilines is 2. The Kier molecular flexibility index (Phi) is 3.42. The normalized spacial score (nSPS) is 12.1.